The van der Waals surface area contributed by atoms with Crippen molar-refractivity contribution in [1.29, 1.82) is 5.26 Å². The Morgan fingerprint density at radius 1 is 1.07 bits per heavy atom. The van der Waals surface area contributed by atoms with Gasteiger partial charge in [-0.2, -0.15) is 5.26 Å². The highest BCUT2D eigenvalue weighted by Gasteiger charge is 2.33. The minimum absolute atomic E-state index is 0.203. The Morgan fingerprint density at radius 2 is 1.78 bits per heavy atom. The summed E-state index contributed by atoms with van der Waals surface area (Å²) in [6.07, 6.45) is 0.811. The maximum Gasteiger partial charge on any atom is 0.231 e. The fourth-order valence-corrected chi connectivity index (χ4v) is 4.28. The fourth-order valence-electron chi connectivity index (χ4n) is 3.71. The minimum atomic E-state index is -0.383. The van der Waals surface area contributed by atoms with Crippen molar-refractivity contribution in [2.75, 3.05) is 27.6 Å². The predicted molar refractivity (Wildman–Crippen MR) is 103 cm³/mol. The van der Waals surface area contributed by atoms with Crippen molar-refractivity contribution >= 4 is 15.9 Å². The van der Waals surface area contributed by atoms with E-state index >= 15 is 0 Å². The van der Waals surface area contributed by atoms with Crippen molar-refractivity contribution in [3.8, 4) is 29.1 Å². The quantitative estimate of drug-likeness (QED) is 0.800. The normalized spacial score (nSPS) is 20.4. The molecule has 0 amide bonds. The third-order valence-corrected chi connectivity index (χ3v) is 5.73. The Kier molecular flexibility index (Phi) is 4.85. The van der Waals surface area contributed by atoms with Crippen molar-refractivity contribution in [2.45, 2.75) is 18.4 Å². The van der Waals surface area contributed by atoms with Crippen LogP contribution < -0.4 is 24.3 Å². The van der Waals surface area contributed by atoms with Crippen LogP contribution in [0.1, 0.15) is 28.7 Å². The number of methoxy groups -OCH3 is 2. The molecule has 7 heteroatoms. The van der Waals surface area contributed by atoms with Gasteiger partial charge in [-0.05, 0) is 53.9 Å². The number of hydrogen-bond donors (Lipinski definition) is 1. The van der Waals surface area contributed by atoms with Crippen molar-refractivity contribution in [3.63, 3.8) is 0 Å². The van der Waals surface area contributed by atoms with Crippen LogP contribution in [0.5, 0.6) is 23.0 Å². The van der Waals surface area contributed by atoms with Crippen LogP contribution in [-0.2, 0) is 6.42 Å². The van der Waals surface area contributed by atoms with E-state index in [1.165, 1.54) is 0 Å². The minimum Gasteiger partial charge on any atom is -0.493 e. The second kappa shape index (κ2) is 7.29. The number of nitrogens with zero attached hydrogens (tertiary/aromatic N) is 1. The van der Waals surface area contributed by atoms with Crippen molar-refractivity contribution in [1.82, 2.24) is 5.32 Å². The molecule has 140 valence electrons. The van der Waals surface area contributed by atoms with Gasteiger partial charge in [-0.3, -0.25) is 0 Å². The average Bonchev–Trinajstić information content (AvgIpc) is 3.06. The van der Waals surface area contributed by atoms with Crippen LogP contribution in [0.3, 0.4) is 0 Å². The molecule has 2 aliphatic heterocycles. The largest absolute Gasteiger partial charge is 0.493 e. The van der Waals surface area contributed by atoms with Gasteiger partial charge in [0, 0.05) is 4.47 Å². The molecule has 2 aliphatic rings. The van der Waals surface area contributed by atoms with Crippen molar-refractivity contribution in [2.24, 2.45) is 0 Å². The lowest BCUT2D eigenvalue weighted by Gasteiger charge is -2.24. The van der Waals surface area contributed by atoms with Crippen LogP contribution in [0, 0.1) is 11.3 Å². The van der Waals surface area contributed by atoms with Gasteiger partial charge in [-0.1, -0.05) is 15.9 Å². The summed E-state index contributed by atoms with van der Waals surface area (Å²) in [5.74, 6) is 2.33. The lowest BCUT2D eigenvalue weighted by Crippen LogP contribution is -2.26. The van der Waals surface area contributed by atoms with Crippen molar-refractivity contribution < 1.29 is 18.9 Å². The Labute approximate surface area is 166 Å². The maximum atomic E-state index is 10.0. The van der Waals surface area contributed by atoms with E-state index in [1.807, 2.05) is 24.3 Å². The Hall–Kier alpha value is -2.43. The number of nitriles is 1. The SMILES string of the molecule is COc1cc(Br)c([C@@H]2NCCc3cc4c(cc3[C@@H]2C#N)OCO4)cc1OC. The first-order valence-electron chi connectivity index (χ1n) is 8.63. The molecule has 0 bridgehead atoms. The average molecular weight is 431 g/mol. The summed E-state index contributed by atoms with van der Waals surface area (Å²) in [6.45, 7) is 0.967. The van der Waals surface area contributed by atoms with Crippen LogP contribution in [0.4, 0.5) is 0 Å². The van der Waals surface area contributed by atoms with Gasteiger partial charge in [0.15, 0.2) is 23.0 Å². The van der Waals surface area contributed by atoms with Crippen LogP contribution >= 0.6 is 15.9 Å². The number of fused-ring (bicyclic) bond motifs is 2. The molecule has 0 spiro atoms. The molecule has 1 N–H and O–H groups in total. The predicted octanol–water partition coefficient (Wildman–Crippen LogP) is 3.69. The molecule has 4 rings (SSSR count). The van der Waals surface area contributed by atoms with Gasteiger partial charge in [0.2, 0.25) is 6.79 Å². The van der Waals surface area contributed by atoms with E-state index in [0.29, 0.717) is 17.2 Å². The highest BCUT2D eigenvalue weighted by atomic mass is 79.9. The first-order chi connectivity index (χ1) is 13.2. The lowest BCUT2D eigenvalue weighted by molar-refractivity contribution is 0.174. The van der Waals surface area contributed by atoms with E-state index in [0.717, 1.165) is 39.9 Å². The topological polar surface area (TPSA) is 72.7 Å². The third kappa shape index (κ3) is 3.09. The molecule has 0 fully saturated rings. The van der Waals surface area contributed by atoms with Gasteiger partial charge in [-0.15, -0.1) is 0 Å². The summed E-state index contributed by atoms with van der Waals surface area (Å²) >= 11 is 3.63. The first kappa shape index (κ1) is 18.0. The second-order valence-electron chi connectivity index (χ2n) is 6.42. The molecule has 0 saturated carbocycles. The Bertz CT molecular complexity index is 925. The van der Waals surface area contributed by atoms with E-state index in [-0.39, 0.29) is 18.8 Å². The summed E-state index contributed by atoms with van der Waals surface area (Å²) in [6, 6.07) is 10.0. The molecule has 0 aliphatic carbocycles. The van der Waals surface area contributed by atoms with E-state index in [1.54, 1.807) is 14.2 Å². The van der Waals surface area contributed by atoms with Crippen molar-refractivity contribution in [3.05, 3.63) is 45.4 Å². The fraction of sp³-hybridized carbons (Fsp3) is 0.350. The maximum absolute atomic E-state index is 10.0. The summed E-state index contributed by atoms with van der Waals surface area (Å²) in [4.78, 5) is 0. The summed E-state index contributed by atoms with van der Waals surface area (Å²) in [5, 5.41) is 13.5. The number of benzene rings is 2. The summed E-state index contributed by atoms with van der Waals surface area (Å²) < 4.78 is 22.7. The second-order valence-corrected chi connectivity index (χ2v) is 7.28. The highest BCUT2D eigenvalue weighted by Crippen LogP contribution is 2.45. The van der Waals surface area contributed by atoms with E-state index < -0.39 is 0 Å². The van der Waals surface area contributed by atoms with Crippen LogP contribution in [0.25, 0.3) is 0 Å². The molecule has 2 heterocycles. The molecule has 27 heavy (non-hydrogen) atoms. The smallest absolute Gasteiger partial charge is 0.231 e. The zero-order chi connectivity index (χ0) is 19.0. The number of ether oxygens (including phenoxy) is 4. The van der Waals surface area contributed by atoms with E-state index in [2.05, 4.69) is 27.3 Å². The van der Waals surface area contributed by atoms with Gasteiger partial charge >= 0.3 is 0 Å². The molecule has 0 radical (unpaired) electrons. The van der Waals surface area contributed by atoms with Gasteiger partial charge in [-0.25, -0.2) is 0 Å². The standard InChI is InChI=1S/C20H19BrN2O4/c1-24-16-7-13(15(21)8-17(16)25-2)20-14(9-22)12-6-19-18(26-10-27-19)5-11(12)3-4-23-20/h5-8,14,20,23H,3-4,10H2,1-2H3/t14-,20-/m0/s1. The van der Waals surface area contributed by atoms with Gasteiger partial charge in [0.25, 0.3) is 0 Å². The monoisotopic (exact) mass is 430 g/mol. The lowest BCUT2D eigenvalue weighted by atomic mass is 9.86. The van der Waals surface area contributed by atoms with E-state index in [9.17, 15) is 5.26 Å². The zero-order valence-corrected chi connectivity index (χ0v) is 16.6. The molecule has 0 saturated heterocycles. The number of hydrogen-bond acceptors (Lipinski definition) is 6. The van der Waals surface area contributed by atoms with Gasteiger partial charge in [0.05, 0.1) is 32.2 Å². The van der Waals surface area contributed by atoms with Gasteiger partial charge < -0.3 is 24.3 Å². The van der Waals surface area contributed by atoms with Gasteiger partial charge in [0.1, 0.15) is 0 Å². The zero-order valence-electron chi connectivity index (χ0n) is 15.0. The molecule has 2 aromatic carbocycles. The third-order valence-electron chi connectivity index (χ3n) is 5.04. The molecule has 0 aromatic heterocycles. The van der Waals surface area contributed by atoms with E-state index in [4.69, 9.17) is 18.9 Å². The molecule has 0 unspecified atom stereocenters. The Morgan fingerprint density at radius 3 is 2.48 bits per heavy atom. The Balaban J connectivity index is 1.81. The number of nitrogens with one attached hydrogen (secondary N) is 1. The van der Waals surface area contributed by atoms with Crippen LogP contribution in [0.2, 0.25) is 0 Å². The molecule has 2 atom stereocenters. The van der Waals surface area contributed by atoms with Crippen LogP contribution in [0.15, 0.2) is 28.7 Å². The summed E-state index contributed by atoms with van der Waals surface area (Å²) in [7, 11) is 3.21. The highest BCUT2D eigenvalue weighted by molar-refractivity contribution is 9.10. The molecule has 6 nitrogen and oxygen atoms in total. The molecule has 2 aromatic rings. The number of halogens is 1. The first-order valence-corrected chi connectivity index (χ1v) is 9.42. The molecular formula is C20H19BrN2O4. The molecular weight excluding hydrogens is 412 g/mol. The summed E-state index contributed by atoms with van der Waals surface area (Å²) in [5.41, 5.74) is 3.03. The van der Waals surface area contributed by atoms with Crippen LogP contribution in [-0.4, -0.2) is 27.6 Å². The number of rotatable bonds is 3.